The first-order chi connectivity index (χ1) is 7.27. The van der Waals surface area contributed by atoms with Crippen LogP contribution in [0.4, 0.5) is 0 Å². The molecule has 1 aliphatic heterocycles. The number of aliphatic hydroxyl groups is 1. The van der Waals surface area contributed by atoms with Crippen LogP contribution in [0.5, 0.6) is 0 Å². The van der Waals surface area contributed by atoms with E-state index in [1.807, 2.05) is 0 Å². The van der Waals surface area contributed by atoms with Crippen LogP contribution < -0.4 is 0 Å². The zero-order chi connectivity index (χ0) is 10.7. The molecule has 0 radical (unpaired) electrons. The fourth-order valence-electron chi connectivity index (χ4n) is 2.78. The van der Waals surface area contributed by atoms with Gasteiger partial charge in [-0.1, -0.05) is 19.8 Å². The number of ether oxygens (including phenoxy) is 1. The molecule has 2 aliphatic rings. The Bertz CT molecular complexity index is 235. The fourth-order valence-corrected chi connectivity index (χ4v) is 2.78. The van der Waals surface area contributed by atoms with Crippen LogP contribution in [0.25, 0.3) is 0 Å². The summed E-state index contributed by atoms with van der Waals surface area (Å²) in [5.41, 5.74) is 0. The molecule has 1 aliphatic carbocycles. The van der Waals surface area contributed by atoms with Crippen molar-refractivity contribution in [2.45, 2.75) is 51.6 Å². The smallest absolute Gasteiger partial charge is 0.121 e. The van der Waals surface area contributed by atoms with E-state index < -0.39 is 0 Å². The van der Waals surface area contributed by atoms with Crippen LogP contribution in [-0.2, 0) is 4.74 Å². The number of hydrogen-bond donors (Lipinski definition) is 1. The Morgan fingerprint density at radius 2 is 2.27 bits per heavy atom. The summed E-state index contributed by atoms with van der Waals surface area (Å²) >= 11 is 0. The van der Waals surface area contributed by atoms with Crippen molar-refractivity contribution in [2.24, 2.45) is 11.8 Å². The quantitative estimate of drug-likeness (QED) is 0.759. The summed E-state index contributed by atoms with van der Waals surface area (Å²) in [5, 5.41) is 10.2. The van der Waals surface area contributed by atoms with E-state index in [4.69, 9.17) is 4.74 Å². The molecule has 1 N–H and O–H groups in total. The first kappa shape index (κ1) is 11.0. The molecular formula is C13H22O2. The highest BCUT2D eigenvalue weighted by Gasteiger charge is 2.29. The number of rotatable bonds is 2. The summed E-state index contributed by atoms with van der Waals surface area (Å²) < 4.78 is 5.54. The van der Waals surface area contributed by atoms with Gasteiger partial charge in [0.15, 0.2) is 0 Å². The third-order valence-corrected chi connectivity index (χ3v) is 3.68. The summed E-state index contributed by atoms with van der Waals surface area (Å²) in [7, 11) is 0. The number of allylic oxidation sites excluding steroid dienone is 1. The lowest BCUT2D eigenvalue weighted by Crippen LogP contribution is -2.29. The number of aliphatic hydroxyl groups excluding tert-OH is 1. The van der Waals surface area contributed by atoms with Crippen LogP contribution in [-0.4, -0.2) is 17.8 Å². The third-order valence-electron chi connectivity index (χ3n) is 3.68. The normalized spacial score (nSPS) is 34.1. The molecule has 2 heteroatoms. The molecule has 0 saturated heterocycles. The predicted molar refractivity (Wildman–Crippen MR) is 60.4 cm³/mol. The molecule has 2 rings (SSSR count). The molecule has 0 amide bonds. The average Bonchev–Trinajstić information content (AvgIpc) is 2.29. The van der Waals surface area contributed by atoms with Gasteiger partial charge in [-0.3, -0.25) is 0 Å². The van der Waals surface area contributed by atoms with E-state index in [-0.39, 0.29) is 6.10 Å². The van der Waals surface area contributed by atoms with Crippen LogP contribution >= 0.6 is 0 Å². The zero-order valence-electron chi connectivity index (χ0n) is 9.61. The lowest BCUT2D eigenvalue weighted by molar-refractivity contribution is 0.0349. The molecule has 86 valence electrons. The Kier molecular flexibility index (Phi) is 3.68. The van der Waals surface area contributed by atoms with Crippen molar-refractivity contribution in [2.75, 3.05) is 6.61 Å². The molecule has 0 bridgehead atoms. The van der Waals surface area contributed by atoms with E-state index in [2.05, 4.69) is 13.0 Å². The second-order valence-corrected chi connectivity index (χ2v) is 5.07. The van der Waals surface area contributed by atoms with Crippen LogP contribution in [0.3, 0.4) is 0 Å². The predicted octanol–water partition coefficient (Wildman–Crippen LogP) is 2.87. The topological polar surface area (TPSA) is 29.5 Å². The summed E-state index contributed by atoms with van der Waals surface area (Å²) in [5.74, 6) is 2.04. The molecule has 1 saturated carbocycles. The van der Waals surface area contributed by atoms with Crippen LogP contribution in [0, 0.1) is 11.8 Å². The second-order valence-electron chi connectivity index (χ2n) is 5.07. The van der Waals surface area contributed by atoms with Gasteiger partial charge in [-0.2, -0.15) is 0 Å². The molecular weight excluding hydrogens is 188 g/mol. The second kappa shape index (κ2) is 5.02. The van der Waals surface area contributed by atoms with Gasteiger partial charge in [0.2, 0.25) is 0 Å². The first-order valence-electron chi connectivity index (χ1n) is 6.28. The standard InChI is InChI=1S/C13H22O2/c1-10-5-4-6-11(9-10)13(14)12-7-2-3-8-15-12/h7,10-11,13-14H,2-6,8-9H2,1H3. The van der Waals surface area contributed by atoms with Crippen molar-refractivity contribution in [3.63, 3.8) is 0 Å². The van der Waals surface area contributed by atoms with Crippen LogP contribution in [0.1, 0.15) is 45.4 Å². The number of hydrogen-bond acceptors (Lipinski definition) is 2. The summed E-state index contributed by atoms with van der Waals surface area (Å²) in [6.45, 7) is 3.07. The largest absolute Gasteiger partial charge is 0.495 e. The monoisotopic (exact) mass is 210 g/mol. The van der Waals surface area contributed by atoms with E-state index in [1.54, 1.807) is 0 Å². The lowest BCUT2D eigenvalue weighted by Gasteiger charge is -2.32. The van der Waals surface area contributed by atoms with Gasteiger partial charge < -0.3 is 9.84 Å². The Hall–Kier alpha value is -0.500. The van der Waals surface area contributed by atoms with E-state index in [9.17, 15) is 5.11 Å². The highest BCUT2D eigenvalue weighted by Crippen LogP contribution is 2.33. The molecule has 0 aromatic carbocycles. The summed E-state index contributed by atoms with van der Waals surface area (Å²) in [4.78, 5) is 0. The minimum absolute atomic E-state index is 0.340. The third kappa shape index (κ3) is 2.75. The van der Waals surface area contributed by atoms with Gasteiger partial charge in [0.05, 0.1) is 6.61 Å². The van der Waals surface area contributed by atoms with Gasteiger partial charge >= 0.3 is 0 Å². The maximum atomic E-state index is 10.2. The molecule has 1 fully saturated rings. The molecule has 3 unspecified atom stereocenters. The minimum Gasteiger partial charge on any atom is -0.495 e. The summed E-state index contributed by atoms with van der Waals surface area (Å²) in [6.07, 6.45) is 8.79. The van der Waals surface area contributed by atoms with Crippen molar-refractivity contribution in [1.29, 1.82) is 0 Å². The Morgan fingerprint density at radius 3 is 2.93 bits per heavy atom. The summed E-state index contributed by atoms with van der Waals surface area (Å²) in [6, 6.07) is 0. The van der Waals surface area contributed by atoms with Crippen molar-refractivity contribution >= 4 is 0 Å². The van der Waals surface area contributed by atoms with Crippen molar-refractivity contribution < 1.29 is 9.84 Å². The lowest BCUT2D eigenvalue weighted by atomic mass is 9.79. The van der Waals surface area contributed by atoms with Gasteiger partial charge in [-0.25, -0.2) is 0 Å². The Labute approximate surface area is 92.3 Å². The maximum Gasteiger partial charge on any atom is 0.121 e. The molecule has 0 aromatic rings. The SMILES string of the molecule is CC1CCCC(C(O)C2=CCCCO2)C1. The Balaban J connectivity index is 1.93. The van der Waals surface area contributed by atoms with E-state index >= 15 is 0 Å². The zero-order valence-corrected chi connectivity index (χ0v) is 9.61. The van der Waals surface area contributed by atoms with Gasteiger partial charge in [0.25, 0.3) is 0 Å². The van der Waals surface area contributed by atoms with Crippen molar-refractivity contribution in [3.8, 4) is 0 Å². The molecule has 0 spiro atoms. The average molecular weight is 210 g/mol. The van der Waals surface area contributed by atoms with Crippen molar-refractivity contribution in [3.05, 3.63) is 11.8 Å². The molecule has 1 heterocycles. The van der Waals surface area contributed by atoms with Crippen LogP contribution in [0.15, 0.2) is 11.8 Å². The highest BCUT2D eigenvalue weighted by molar-refractivity contribution is 5.04. The molecule has 2 nitrogen and oxygen atoms in total. The van der Waals surface area contributed by atoms with Gasteiger partial charge in [0.1, 0.15) is 11.9 Å². The maximum absolute atomic E-state index is 10.2. The van der Waals surface area contributed by atoms with Crippen molar-refractivity contribution in [1.82, 2.24) is 0 Å². The molecule has 3 atom stereocenters. The van der Waals surface area contributed by atoms with Crippen LogP contribution in [0.2, 0.25) is 0 Å². The van der Waals surface area contributed by atoms with E-state index in [0.717, 1.165) is 44.0 Å². The fraction of sp³-hybridized carbons (Fsp3) is 0.846. The van der Waals surface area contributed by atoms with E-state index in [1.165, 1.54) is 12.8 Å². The first-order valence-corrected chi connectivity index (χ1v) is 6.28. The molecule has 15 heavy (non-hydrogen) atoms. The minimum atomic E-state index is -0.340. The van der Waals surface area contributed by atoms with Gasteiger partial charge in [0, 0.05) is 0 Å². The highest BCUT2D eigenvalue weighted by atomic mass is 16.5. The Morgan fingerprint density at radius 1 is 1.40 bits per heavy atom. The van der Waals surface area contributed by atoms with Gasteiger partial charge in [-0.05, 0) is 43.6 Å². The molecule has 0 aromatic heterocycles. The van der Waals surface area contributed by atoms with E-state index in [0.29, 0.717) is 5.92 Å². The van der Waals surface area contributed by atoms with Gasteiger partial charge in [-0.15, -0.1) is 0 Å².